The van der Waals surface area contributed by atoms with Crippen LogP contribution in [0.5, 0.6) is 5.75 Å². The Bertz CT molecular complexity index is 688. The van der Waals surface area contributed by atoms with E-state index in [0.29, 0.717) is 27.2 Å². The van der Waals surface area contributed by atoms with Crippen LogP contribution in [0.4, 0.5) is 4.39 Å². The molecule has 1 heterocycles. The summed E-state index contributed by atoms with van der Waals surface area (Å²) >= 11 is 5.04. The summed E-state index contributed by atoms with van der Waals surface area (Å²) < 4.78 is 18.8. The number of pyridine rings is 1. The zero-order chi connectivity index (χ0) is 13.1. The molecule has 0 amide bonds. The number of halogens is 1. The molecule has 0 spiro atoms. The van der Waals surface area contributed by atoms with Gasteiger partial charge in [0.05, 0.1) is 18.4 Å². The number of rotatable bonds is 2. The minimum Gasteiger partial charge on any atom is -0.496 e. The second-order valence-electron chi connectivity index (χ2n) is 3.57. The topological polar surface area (TPSA) is 48.8 Å². The Morgan fingerprint density at radius 1 is 1.33 bits per heavy atom. The largest absolute Gasteiger partial charge is 0.496 e. The summed E-state index contributed by atoms with van der Waals surface area (Å²) in [6.07, 6.45) is 0. The molecule has 3 nitrogen and oxygen atoms in total. The van der Waals surface area contributed by atoms with Crippen molar-refractivity contribution in [3.63, 3.8) is 0 Å². The Balaban J connectivity index is 2.62. The van der Waals surface area contributed by atoms with Gasteiger partial charge >= 0.3 is 0 Å². The van der Waals surface area contributed by atoms with Crippen molar-refractivity contribution in [2.45, 2.75) is 0 Å². The molecule has 0 aliphatic heterocycles. The first-order valence-electron chi connectivity index (χ1n) is 5.13. The smallest absolute Gasteiger partial charge is 0.128 e. The van der Waals surface area contributed by atoms with Crippen LogP contribution in [-0.4, -0.2) is 12.1 Å². The normalized spacial score (nSPS) is 9.83. The maximum Gasteiger partial charge on any atom is 0.128 e. The van der Waals surface area contributed by atoms with Gasteiger partial charge in [-0.3, -0.25) is 0 Å². The number of aromatic amines is 1. The maximum atomic E-state index is 13.3. The Labute approximate surface area is 108 Å². The first-order chi connectivity index (χ1) is 8.65. The highest BCUT2D eigenvalue weighted by molar-refractivity contribution is 7.71. The van der Waals surface area contributed by atoms with Crippen molar-refractivity contribution in [1.29, 1.82) is 5.26 Å². The molecular weight excluding hydrogens is 251 g/mol. The predicted octanol–water partition coefficient (Wildman–Crippen LogP) is 3.43. The first kappa shape index (κ1) is 12.3. The second-order valence-corrected chi connectivity index (χ2v) is 3.98. The van der Waals surface area contributed by atoms with E-state index in [2.05, 4.69) is 4.98 Å². The number of hydrogen-bond acceptors (Lipinski definition) is 3. The van der Waals surface area contributed by atoms with Gasteiger partial charge in [-0.25, -0.2) is 4.39 Å². The van der Waals surface area contributed by atoms with E-state index in [-0.39, 0.29) is 5.82 Å². The highest BCUT2D eigenvalue weighted by atomic mass is 32.1. The van der Waals surface area contributed by atoms with Gasteiger partial charge in [0.1, 0.15) is 22.3 Å². The van der Waals surface area contributed by atoms with Crippen molar-refractivity contribution in [2.75, 3.05) is 7.11 Å². The van der Waals surface area contributed by atoms with E-state index in [4.69, 9.17) is 22.2 Å². The third-order valence-corrected chi connectivity index (χ3v) is 2.80. The maximum absolute atomic E-state index is 13.3. The summed E-state index contributed by atoms with van der Waals surface area (Å²) in [5, 5.41) is 8.80. The zero-order valence-corrected chi connectivity index (χ0v) is 10.3. The van der Waals surface area contributed by atoms with E-state index in [0.717, 1.165) is 0 Å². The standard InChI is InChI=1S/C13H9FN2OS/c1-17-12-5-3-9(14)6-10(12)11-4-2-8(7-15)13(18)16-11/h2-6H,1H3,(H,16,18). The van der Waals surface area contributed by atoms with E-state index < -0.39 is 0 Å². The van der Waals surface area contributed by atoms with Gasteiger partial charge in [0.15, 0.2) is 0 Å². The number of aromatic nitrogens is 1. The van der Waals surface area contributed by atoms with Crippen LogP contribution in [0.3, 0.4) is 0 Å². The molecule has 2 aromatic rings. The Hall–Kier alpha value is -2.19. The van der Waals surface area contributed by atoms with Gasteiger partial charge in [-0.2, -0.15) is 5.26 Å². The van der Waals surface area contributed by atoms with Gasteiger partial charge in [0.2, 0.25) is 0 Å². The van der Waals surface area contributed by atoms with Crippen molar-refractivity contribution in [3.05, 3.63) is 46.4 Å². The third kappa shape index (κ3) is 2.24. The lowest BCUT2D eigenvalue weighted by atomic mass is 10.1. The van der Waals surface area contributed by atoms with Crippen molar-refractivity contribution in [1.82, 2.24) is 4.98 Å². The lowest BCUT2D eigenvalue weighted by molar-refractivity contribution is 0.415. The molecule has 0 bridgehead atoms. The fourth-order valence-corrected chi connectivity index (χ4v) is 1.83. The van der Waals surface area contributed by atoms with Crippen LogP contribution in [-0.2, 0) is 0 Å². The molecule has 0 saturated heterocycles. The van der Waals surface area contributed by atoms with Gasteiger partial charge in [0.25, 0.3) is 0 Å². The molecule has 1 aromatic carbocycles. The highest BCUT2D eigenvalue weighted by Crippen LogP contribution is 2.29. The van der Waals surface area contributed by atoms with Crippen LogP contribution >= 0.6 is 12.2 Å². The number of hydrogen-bond donors (Lipinski definition) is 1. The summed E-state index contributed by atoms with van der Waals surface area (Å²) in [4.78, 5) is 2.89. The van der Waals surface area contributed by atoms with Gasteiger partial charge in [-0.05, 0) is 30.3 Å². The summed E-state index contributed by atoms with van der Waals surface area (Å²) in [5.74, 6) is 0.168. The SMILES string of the molecule is COc1ccc(F)cc1-c1ccc(C#N)c(=S)[nH]1. The van der Waals surface area contributed by atoms with E-state index in [1.165, 1.54) is 19.2 Å². The van der Waals surface area contributed by atoms with E-state index in [1.807, 2.05) is 6.07 Å². The van der Waals surface area contributed by atoms with Crippen LogP contribution in [0.2, 0.25) is 0 Å². The lowest BCUT2D eigenvalue weighted by Gasteiger charge is -2.08. The molecule has 0 radical (unpaired) electrons. The van der Waals surface area contributed by atoms with Crippen LogP contribution < -0.4 is 4.74 Å². The van der Waals surface area contributed by atoms with Gasteiger partial charge in [-0.1, -0.05) is 12.2 Å². The molecule has 0 fully saturated rings. The summed E-state index contributed by atoms with van der Waals surface area (Å²) in [7, 11) is 1.51. The molecule has 18 heavy (non-hydrogen) atoms. The Morgan fingerprint density at radius 2 is 2.11 bits per heavy atom. The van der Waals surface area contributed by atoms with Crippen LogP contribution in [0, 0.1) is 21.8 Å². The molecule has 0 aliphatic carbocycles. The molecule has 1 aromatic heterocycles. The van der Waals surface area contributed by atoms with Crippen LogP contribution in [0.1, 0.15) is 5.56 Å². The van der Waals surface area contributed by atoms with Crippen molar-refractivity contribution in [2.24, 2.45) is 0 Å². The number of nitrogens with one attached hydrogen (secondary N) is 1. The van der Waals surface area contributed by atoms with E-state index >= 15 is 0 Å². The molecule has 0 atom stereocenters. The number of nitriles is 1. The zero-order valence-electron chi connectivity index (χ0n) is 9.53. The fraction of sp³-hybridized carbons (Fsp3) is 0.0769. The predicted molar refractivity (Wildman–Crippen MR) is 68.3 cm³/mol. The monoisotopic (exact) mass is 260 g/mol. The molecule has 2 rings (SSSR count). The number of nitrogens with zero attached hydrogens (tertiary/aromatic N) is 1. The summed E-state index contributed by atoms with van der Waals surface area (Å²) in [6.45, 7) is 0. The third-order valence-electron chi connectivity index (χ3n) is 2.48. The fourth-order valence-electron chi connectivity index (χ4n) is 1.61. The van der Waals surface area contributed by atoms with Crippen LogP contribution in [0.15, 0.2) is 30.3 Å². The van der Waals surface area contributed by atoms with E-state index in [9.17, 15) is 4.39 Å². The molecule has 0 aliphatic rings. The number of ether oxygens (including phenoxy) is 1. The lowest BCUT2D eigenvalue weighted by Crippen LogP contribution is -1.92. The van der Waals surface area contributed by atoms with Crippen molar-refractivity contribution >= 4 is 12.2 Å². The minimum atomic E-state index is -0.366. The average molecular weight is 260 g/mol. The van der Waals surface area contributed by atoms with Crippen molar-refractivity contribution in [3.8, 4) is 23.1 Å². The quantitative estimate of drug-likeness (QED) is 0.841. The van der Waals surface area contributed by atoms with Gasteiger partial charge in [0, 0.05) is 5.56 Å². The Kier molecular flexibility index (Phi) is 3.40. The molecule has 1 N–H and O–H groups in total. The van der Waals surface area contributed by atoms with Gasteiger partial charge in [-0.15, -0.1) is 0 Å². The highest BCUT2D eigenvalue weighted by Gasteiger charge is 2.08. The Morgan fingerprint density at radius 3 is 2.72 bits per heavy atom. The summed E-state index contributed by atoms with van der Waals surface area (Å²) in [5.41, 5.74) is 1.55. The minimum absolute atomic E-state index is 0.321. The summed E-state index contributed by atoms with van der Waals surface area (Å²) in [6, 6.07) is 9.46. The first-order valence-corrected chi connectivity index (χ1v) is 5.54. The van der Waals surface area contributed by atoms with Gasteiger partial charge < -0.3 is 9.72 Å². The second kappa shape index (κ2) is 4.98. The number of H-pyrrole nitrogens is 1. The van der Waals surface area contributed by atoms with Crippen molar-refractivity contribution < 1.29 is 9.13 Å². The molecular formula is C13H9FN2OS. The molecule has 90 valence electrons. The van der Waals surface area contributed by atoms with Crippen LogP contribution in [0.25, 0.3) is 11.3 Å². The number of benzene rings is 1. The molecule has 0 saturated carbocycles. The number of methoxy groups -OCH3 is 1. The molecule has 0 unspecified atom stereocenters. The molecule has 5 heteroatoms. The van der Waals surface area contributed by atoms with E-state index in [1.54, 1.807) is 18.2 Å². The average Bonchev–Trinajstić information content (AvgIpc) is 2.38.